The molecule has 1 heterocycles. The predicted molar refractivity (Wildman–Crippen MR) is 114 cm³/mol. The van der Waals surface area contributed by atoms with Crippen molar-refractivity contribution in [3.8, 4) is 17.6 Å². The average Bonchev–Trinajstić information content (AvgIpc) is 2.80. The van der Waals surface area contributed by atoms with Gasteiger partial charge in [-0.2, -0.15) is 0 Å². The van der Waals surface area contributed by atoms with Crippen molar-refractivity contribution < 1.29 is 17.9 Å². The Morgan fingerprint density at radius 3 is 2.45 bits per heavy atom. The number of aryl methyl sites for hydroxylation is 2. The lowest BCUT2D eigenvalue weighted by molar-refractivity contribution is 0.412. The van der Waals surface area contributed by atoms with E-state index in [-0.39, 0.29) is 10.9 Å². The number of pyridine rings is 1. The molecular weight excluding hydrogens is 399 g/mol. The van der Waals surface area contributed by atoms with Gasteiger partial charge >= 0.3 is 0 Å². The average molecular weight is 417 g/mol. The second-order valence-corrected chi connectivity index (χ2v) is 7.05. The molecule has 0 atom stereocenters. The number of ether oxygens (including phenoxy) is 1. The van der Waals surface area contributed by atoms with Gasteiger partial charge in [-0.1, -0.05) is 30.0 Å². The number of methoxy groups -OCH3 is 1. The number of benzene rings is 3. The van der Waals surface area contributed by atoms with E-state index in [9.17, 15) is 13.2 Å². The van der Waals surface area contributed by atoms with Gasteiger partial charge in [-0.25, -0.2) is 13.2 Å². The Bertz CT molecular complexity index is 1300. The van der Waals surface area contributed by atoms with Crippen molar-refractivity contribution in [2.24, 2.45) is 0 Å². The summed E-state index contributed by atoms with van der Waals surface area (Å²) in [6, 6.07) is 16.0. The molecule has 2 nitrogen and oxygen atoms in total. The summed E-state index contributed by atoms with van der Waals surface area (Å²) in [5.41, 5.74) is 2.62. The lowest BCUT2D eigenvalue weighted by atomic mass is 10.0. The number of halogens is 3. The van der Waals surface area contributed by atoms with Crippen LogP contribution in [-0.4, -0.2) is 12.1 Å². The van der Waals surface area contributed by atoms with Gasteiger partial charge < -0.3 is 4.74 Å². The third-order valence-corrected chi connectivity index (χ3v) is 4.99. The Morgan fingerprint density at radius 2 is 1.71 bits per heavy atom. The van der Waals surface area contributed by atoms with E-state index in [0.29, 0.717) is 29.5 Å². The number of hydrogen-bond acceptors (Lipinski definition) is 2. The highest BCUT2D eigenvalue weighted by Crippen LogP contribution is 2.21. The van der Waals surface area contributed by atoms with Gasteiger partial charge in [0.2, 0.25) is 0 Å². The molecule has 4 rings (SSSR count). The monoisotopic (exact) mass is 417 g/mol. The maximum atomic E-state index is 14.5. The minimum Gasteiger partial charge on any atom is -0.495 e. The van der Waals surface area contributed by atoms with E-state index in [2.05, 4.69) is 16.8 Å². The predicted octanol–water partition coefficient (Wildman–Crippen LogP) is 5.85. The molecule has 5 heteroatoms. The first-order chi connectivity index (χ1) is 15.0. The first-order valence-electron chi connectivity index (χ1n) is 9.70. The second-order valence-electron chi connectivity index (χ2n) is 7.05. The van der Waals surface area contributed by atoms with Gasteiger partial charge in [-0.3, -0.25) is 4.98 Å². The Balaban J connectivity index is 1.48. The van der Waals surface area contributed by atoms with Crippen molar-refractivity contribution in [2.75, 3.05) is 7.11 Å². The summed E-state index contributed by atoms with van der Waals surface area (Å²) in [5, 5.41) is 0.723. The van der Waals surface area contributed by atoms with E-state index in [4.69, 9.17) is 4.74 Å². The maximum absolute atomic E-state index is 14.5. The van der Waals surface area contributed by atoms with Crippen LogP contribution in [0.15, 0.2) is 66.9 Å². The number of aromatic nitrogens is 1. The fraction of sp³-hybridized carbons (Fsp3) is 0.115. The Hall–Kier alpha value is -3.78. The molecule has 0 spiro atoms. The second kappa shape index (κ2) is 8.93. The third-order valence-electron chi connectivity index (χ3n) is 4.99. The van der Waals surface area contributed by atoms with Gasteiger partial charge in [0, 0.05) is 16.6 Å². The zero-order valence-corrected chi connectivity index (χ0v) is 16.8. The largest absolute Gasteiger partial charge is 0.495 e. The number of rotatable bonds is 4. The van der Waals surface area contributed by atoms with Crippen molar-refractivity contribution in [2.45, 2.75) is 12.8 Å². The Kier molecular flexibility index (Phi) is 5.90. The minimum absolute atomic E-state index is 0.187. The van der Waals surface area contributed by atoms with Crippen LogP contribution in [-0.2, 0) is 12.8 Å². The SMILES string of the molecule is COc1ccc(CCc2ccc(C#Cc3ccc4c(F)c(F)ccc4c3)c(F)c2)nc1. The molecule has 4 aromatic rings. The normalized spacial score (nSPS) is 10.6. The summed E-state index contributed by atoms with van der Waals surface area (Å²) in [6.07, 6.45) is 2.99. The molecule has 1 aromatic heterocycles. The molecule has 0 saturated heterocycles. The molecule has 0 radical (unpaired) electrons. The summed E-state index contributed by atoms with van der Waals surface area (Å²) >= 11 is 0. The highest BCUT2D eigenvalue weighted by Gasteiger charge is 2.07. The van der Waals surface area contributed by atoms with E-state index in [1.165, 1.54) is 18.2 Å². The highest BCUT2D eigenvalue weighted by molar-refractivity contribution is 5.84. The minimum atomic E-state index is -0.892. The Labute approximate surface area is 178 Å². The van der Waals surface area contributed by atoms with Gasteiger partial charge in [0.25, 0.3) is 0 Å². The third kappa shape index (κ3) is 4.70. The molecule has 0 N–H and O–H groups in total. The lowest BCUT2D eigenvalue weighted by Crippen LogP contribution is -1.96. The molecule has 0 amide bonds. The number of nitrogens with zero attached hydrogens (tertiary/aromatic N) is 1. The van der Waals surface area contributed by atoms with Crippen LogP contribution in [0.4, 0.5) is 13.2 Å². The summed E-state index contributed by atoms with van der Waals surface area (Å²) < 4.78 is 46.7. The highest BCUT2D eigenvalue weighted by atomic mass is 19.2. The van der Waals surface area contributed by atoms with Crippen LogP contribution in [0.25, 0.3) is 10.8 Å². The van der Waals surface area contributed by atoms with Crippen molar-refractivity contribution in [3.63, 3.8) is 0 Å². The molecule has 0 aliphatic heterocycles. The van der Waals surface area contributed by atoms with E-state index in [1.54, 1.807) is 31.5 Å². The molecule has 0 bridgehead atoms. The van der Waals surface area contributed by atoms with Gasteiger partial charge in [0.1, 0.15) is 11.6 Å². The van der Waals surface area contributed by atoms with Crippen LogP contribution >= 0.6 is 0 Å². The molecule has 31 heavy (non-hydrogen) atoms. The van der Waals surface area contributed by atoms with E-state index in [0.717, 1.165) is 17.3 Å². The quantitative estimate of drug-likeness (QED) is 0.389. The molecule has 0 aliphatic carbocycles. The molecule has 0 aliphatic rings. The van der Waals surface area contributed by atoms with Crippen LogP contribution in [0, 0.1) is 29.3 Å². The standard InChI is InChI=1S/C26H18F3NO/c1-31-22-11-10-21(30-16-22)9-4-18-3-7-19(25(28)15-18)6-2-17-5-12-23-20(14-17)8-13-24(27)26(23)29/h3,5,7-8,10-16H,4,9H2,1H3. The number of fused-ring (bicyclic) bond motifs is 1. The summed E-state index contributed by atoms with van der Waals surface area (Å²) in [7, 11) is 1.59. The molecule has 0 saturated carbocycles. The molecule has 3 aromatic carbocycles. The van der Waals surface area contributed by atoms with Gasteiger partial charge in [-0.05, 0) is 66.3 Å². The van der Waals surface area contributed by atoms with Crippen LogP contribution in [0.1, 0.15) is 22.4 Å². The summed E-state index contributed by atoms with van der Waals surface area (Å²) in [6.45, 7) is 0. The zero-order chi connectivity index (χ0) is 21.8. The lowest BCUT2D eigenvalue weighted by Gasteiger charge is -2.04. The first kappa shape index (κ1) is 20.5. The topological polar surface area (TPSA) is 22.1 Å². The van der Waals surface area contributed by atoms with Crippen molar-refractivity contribution in [1.29, 1.82) is 0 Å². The smallest absolute Gasteiger partial charge is 0.166 e. The van der Waals surface area contributed by atoms with E-state index < -0.39 is 17.5 Å². The van der Waals surface area contributed by atoms with Crippen LogP contribution in [0.5, 0.6) is 5.75 Å². The summed E-state index contributed by atoms with van der Waals surface area (Å²) in [4.78, 5) is 4.31. The molecule has 0 unspecified atom stereocenters. The first-order valence-corrected chi connectivity index (χ1v) is 9.70. The fourth-order valence-corrected chi connectivity index (χ4v) is 3.25. The summed E-state index contributed by atoms with van der Waals surface area (Å²) in [5.74, 6) is 4.22. The molecular formula is C26H18F3NO. The van der Waals surface area contributed by atoms with Gasteiger partial charge in [0.05, 0.1) is 18.9 Å². The van der Waals surface area contributed by atoms with E-state index >= 15 is 0 Å². The van der Waals surface area contributed by atoms with Crippen molar-refractivity contribution >= 4 is 10.8 Å². The molecule has 0 fully saturated rings. The van der Waals surface area contributed by atoms with Crippen LogP contribution < -0.4 is 4.74 Å². The number of hydrogen-bond donors (Lipinski definition) is 0. The fourth-order valence-electron chi connectivity index (χ4n) is 3.25. The zero-order valence-electron chi connectivity index (χ0n) is 16.8. The van der Waals surface area contributed by atoms with E-state index in [1.807, 2.05) is 18.2 Å². The molecule has 154 valence electrons. The van der Waals surface area contributed by atoms with Crippen molar-refractivity contribution in [1.82, 2.24) is 4.98 Å². The van der Waals surface area contributed by atoms with Crippen molar-refractivity contribution in [3.05, 3.63) is 107 Å². The Morgan fingerprint density at radius 1 is 0.839 bits per heavy atom. The van der Waals surface area contributed by atoms with Crippen LogP contribution in [0.3, 0.4) is 0 Å². The van der Waals surface area contributed by atoms with Gasteiger partial charge in [0.15, 0.2) is 11.6 Å². The maximum Gasteiger partial charge on any atom is 0.166 e. The van der Waals surface area contributed by atoms with Crippen LogP contribution in [0.2, 0.25) is 0 Å². The van der Waals surface area contributed by atoms with Gasteiger partial charge in [-0.15, -0.1) is 0 Å².